The van der Waals surface area contributed by atoms with Crippen molar-refractivity contribution in [2.45, 2.75) is 22.6 Å². The van der Waals surface area contributed by atoms with Crippen molar-refractivity contribution < 1.29 is 45.8 Å². The van der Waals surface area contributed by atoms with Crippen LogP contribution in [0.1, 0.15) is 22.6 Å². The number of benzene rings is 4. The zero-order chi connectivity index (χ0) is 31.4. The van der Waals surface area contributed by atoms with E-state index in [-0.39, 0.29) is 32.8 Å². The van der Waals surface area contributed by atoms with Crippen LogP contribution in [0.2, 0.25) is 5.32 Å². The van der Waals surface area contributed by atoms with Gasteiger partial charge in [-0.15, -0.1) is 0 Å². The predicted molar refractivity (Wildman–Crippen MR) is 151 cm³/mol. The molecule has 44 heavy (non-hydrogen) atoms. The third-order valence-electron chi connectivity index (χ3n) is 7.00. The molecule has 0 heterocycles. The van der Waals surface area contributed by atoms with E-state index in [1.165, 1.54) is 7.11 Å². The van der Waals surface area contributed by atoms with Crippen molar-refractivity contribution in [1.29, 1.82) is 0 Å². The average molecular weight is 676 g/mol. The molecule has 6 nitrogen and oxygen atoms in total. The van der Waals surface area contributed by atoms with E-state index in [4.69, 9.17) is 9.47 Å². The molecule has 4 aromatic rings. The summed E-state index contributed by atoms with van der Waals surface area (Å²) in [6.07, 6.45) is -1.02. The molecule has 1 aliphatic rings. The molecule has 0 saturated carbocycles. The molecule has 1 aliphatic carbocycles. The van der Waals surface area contributed by atoms with Gasteiger partial charge in [-0.2, -0.15) is 0 Å². The number of rotatable bonds is 10. The molecule has 0 fully saturated rings. The number of hydrogen-bond acceptors (Lipinski definition) is 5. The molecule has 0 spiro atoms. The molecule has 0 radical (unpaired) electrons. The Labute approximate surface area is 255 Å². The molecule has 228 valence electrons. The van der Waals surface area contributed by atoms with Gasteiger partial charge in [-0.05, 0) is 0 Å². The molecule has 1 N–H and O–H groups in total. The summed E-state index contributed by atoms with van der Waals surface area (Å²) in [5, 5.41) is 2.78. The van der Waals surface area contributed by atoms with E-state index in [0.717, 1.165) is 27.8 Å². The third kappa shape index (κ3) is 6.41. The second kappa shape index (κ2) is 13.5. The van der Waals surface area contributed by atoms with Gasteiger partial charge in [-0.1, -0.05) is 0 Å². The molecule has 12 heteroatoms. The van der Waals surface area contributed by atoms with Crippen LogP contribution in [0.5, 0.6) is 11.5 Å². The van der Waals surface area contributed by atoms with Crippen molar-refractivity contribution >= 4 is 27.0 Å². The van der Waals surface area contributed by atoms with Crippen LogP contribution in [0.3, 0.4) is 0 Å². The Kier molecular flexibility index (Phi) is 9.51. The van der Waals surface area contributed by atoms with E-state index in [1.54, 1.807) is 12.1 Å². The molecular formula is C32H24F5NO5Se. The van der Waals surface area contributed by atoms with Gasteiger partial charge >= 0.3 is 256 Å². The minimum absolute atomic E-state index is 0.0442. The second-order valence-electron chi connectivity index (χ2n) is 9.71. The SMILES string of the molecule is COc1ccc(C[Se]C[C@H](NC(=O)OCC2c3ccccc3-c3ccccc32)C(=O)Oc2c(F)c(F)c(F)c(F)c2F)cc1. The van der Waals surface area contributed by atoms with Gasteiger partial charge in [0.05, 0.1) is 0 Å². The number of methoxy groups -OCH3 is 1. The number of halogens is 5. The number of ether oxygens (including phenoxy) is 3. The van der Waals surface area contributed by atoms with Crippen molar-refractivity contribution in [3.05, 3.63) is 119 Å². The van der Waals surface area contributed by atoms with E-state index < -0.39 is 52.9 Å². The van der Waals surface area contributed by atoms with Gasteiger partial charge in [0, 0.05) is 0 Å². The van der Waals surface area contributed by atoms with Crippen molar-refractivity contribution in [1.82, 2.24) is 5.32 Å². The Morgan fingerprint density at radius 3 is 1.91 bits per heavy atom. The number of alkyl carbamates (subject to hydrolysis) is 1. The summed E-state index contributed by atoms with van der Waals surface area (Å²) < 4.78 is 84.7. The van der Waals surface area contributed by atoms with Crippen LogP contribution >= 0.6 is 0 Å². The number of amides is 1. The summed E-state index contributed by atoms with van der Waals surface area (Å²) in [6.45, 7) is -0.0870. The Bertz CT molecular complexity index is 1630. The van der Waals surface area contributed by atoms with Crippen molar-refractivity contribution in [3.63, 3.8) is 0 Å². The van der Waals surface area contributed by atoms with E-state index in [9.17, 15) is 31.5 Å². The predicted octanol–water partition coefficient (Wildman–Crippen LogP) is 6.53. The molecule has 0 unspecified atom stereocenters. The summed E-state index contributed by atoms with van der Waals surface area (Å²) >= 11 is -0.384. The van der Waals surface area contributed by atoms with Crippen LogP contribution in [-0.4, -0.2) is 46.8 Å². The molecular weight excluding hydrogens is 652 g/mol. The Morgan fingerprint density at radius 2 is 1.34 bits per heavy atom. The standard InChI is InChI=1S/C32H24F5NO5Se/c1-41-18-12-10-17(11-13-18)15-44-16-24(31(39)43-30-28(36)26(34)25(33)27(35)29(30)37)38-32(40)42-14-23-21-8-4-2-6-19(21)20-7-3-5-9-22(20)23/h2-13,23-24H,14-16H2,1H3,(H,38,40)/t24-/m0/s1. The molecule has 5 rings (SSSR count). The number of hydrogen-bond donors (Lipinski definition) is 1. The average Bonchev–Trinajstić information content (AvgIpc) is 3.37. The first-order chi connectivity index (χ1) is 21.2. The topological polar surface area (TPSA) is 73.9 Å². The van der Waals surface area contributed by atoms with Gasteiger partial charge in [0.15, 0.2) is 0 Å². The van der Waals surface area contributed by atoms with Gasteiger partial charge in [0.2, 0.25) is 0 Å². The monoisotopic (exact) mass is 677 g/mol. The van der Waals surface area contributed by atoms with Gasteiger partial charge in [-0.25, -0.2) is 0 Å². The first-order valence-corrected chi connectivity index (χ1v) is 15.7. The second-order valence-corrected chi connectivity index (χ2v) is 11.9. The first-order valence-electron chi connectivity index (χ1n) is 13.2. The van der Waals surface area contributed by atoms with Gasteiger partial charge in [-0.3, -0.25) is 0 Å². The fourth-order valence-electron chi connectivity index (χ4n) is 4.81. The van der Waals surface area contributed by atoms with Crippen LogP contribution < -0.4 is 14.8 Å². The van der Waals surface area contributed by atoms with Gasteiger partial charge < -0.3 is 0 Å². The third-order valence-corrected chi connectivity index (χ3v) is 9.33. The zero-order valence-electron chi connectivity index (χ0n) is 23.0. The van der Waals surface area contributed by atoms with Crippen molar-refractivity contribution in [2.75, 3.05) is 13.7 Å². The summed E-state index contributed by atoms with van der Waals surface area (Å²) in [5.41, 5.74) is 4.79. The van der Waals surface area contributed by atoms with E-state index >= 15 is 0 Å². The number of esters is 1. The van der Waals surface area contributed by atoms with Crippen LogP contribution in [0.4, 0.5) is 26.7 Å². The van der Waals surface area contributed by atoms with Crippen LogP contribution in [0.15, 0.2) is 72.8 Å². The maximum absolute atomic E-state index is 14.2. The Morgan fingerprint density at radius 1 is 0.795 bits per heavy atom. The van der Waals surface area contributed by atoms with E-state index in [2.05, 4.69) is 10.1 Å². The fraction of sp³-hybridized carbons (Fsp3) is 0.188. The normalized spacial score (nSPS) is 12.7. The van der Waals surface area contributed by atoms with Gasteiger partial charge in [0.25, 0.3) is 0 Å². The summed E-state index contributed by atoms with van der Waals surface area (Å²) in [4.78, 5) is 25.9. The number of fused-ring (bicyclic) bond motifs is 3. The Balaban J connectivity index is 1.30. The molecule has 0 aromatic heterocycles. The summed E-state index contributed by atoms with van der Waals surface area (Å²) in [6, 6.07) is 20.9. The van der Waals surface area contributed by atoms with E-state index in [1.807, 2.05) is 60.7 Å². The zero-order valence-corrected chi connectivity index (χ0v) is 24.8. The summed E-state index contributed by atoms with van der Waals surface area (Å²) in [7, 11) is 1.52. The van der Waals surface area contributed by atoms with Crippen molar-refractivity contribution in [2.24, 2.45) is 0 Å². The van der Waals surface area contributed by atoms with Crippen LogP contribution in [-0.2, 0) is 14.9 Å². The molecule has 0 bridgehead atoms. The van der Waals surface area contributed by atoms with Crippen molar-refractivity contribution in [3.8, 4) is 22.6 Å². The number of carbonyl (C=O) groups excluding carboxylic acids is 2. The minimum atomic E-state index is -2.39. The van der Waals surface area contributed by atoms with Crippen LogP contribution in [0, 0.1) is 29.1 Å². The molecule has 0 saturated heterocycles. The molecule has 1 amide bonds. The summed E-state index contributed by atoms with van der Waals surface area (Å²) in [5.74, 6) is -14.4. The Hall–Kier alpha value is -4.41. The number of nitrogens with one attached hydrogen (secondary N) is 1. The fourth-order valence-corrected chi connectivity index (χ4v) is 6.91. The molecule has 4 aromatic carbocycles. The molecule has 0 aliphatic heterocycles. The quantitative estimate of drug-likeness (QED) is 0.0517. The van der Waals surface area contributed by atoms with Gasteiger partial charge in [0.1, 0.15) is 0 Å². The number of carbonyl (C=O) groups is 2. The van der Waals surface area contributed by atoms with Crippen LogP contribution in [0.25, 0.3) is 11.1 Å². The first kappa shape index (κ1) is 31.0. The van der Waals surface area contributed by atoms with E-state index in [0.29, 0.717) is 11.1 Å². The molecule has 1 atom stereocenters. The maximum atomic E-state index is 14.2.